The number of ether oxygens (including phenoxy) is 2. The fraction of sp³-hybridized carbons (Fsp3) is 0.286. The highest BCUT2D eigenvalue weighted by molar-refractivity contribution is 5.66. The van der Waals surface area contributed by atoms with Gasteiger partial charge >= 0.3 is 0 Å². The molecule has 0 aliphatic heterocycles. The Morgan fingerprint density at radius 2 is 2.15 bits per heavy atom. The Morgan fingerprint density at radius 1 is 1.30 bits per heavy atom. The van der Waals surface area contributed by atoms with E-state index in [1.165, 1.54) is 19.0 Å². The molecule has 0 aliphatic rings. The third-order valence-corrected chi connectivity index (χ3v) is 2.69. The van der Waals surface area contributed by atoms with Gasteiger partial charge in [0, 0.05) is 0 Å². The van der Waals surface area contributed by atoms with Crippen LogP contribution in [0.1, 0.15) is 5.56 Å². The number of nitrogens with zero attached hydrogens (tertiary/aromatic N) is 2. The minimum Gasteiger partial charge on any atom is -0.492 e. The average Bonchev–Trinajstić information content (AvgIpc) is 2.45. The minimum atomic E-state index is 0.363. The van der Waals surface area contributed by atoms with Gasteiger partial charge in [-0.2, -0.15) is 4.98 Å². The molecule has 20 heavy (non-hydrogen) atoms. The van der Waals surface area contributed by atoms with Gasteiger partial charge in [-0.1, -0.05) is 12.1 Å². The van der Waals surface area contributed by atoms with E-state index in [0.717, 1.165) is 5.75 Å². The fourth-order valence-electron chi connectivity index (χ4n) is 1.73. The fourth-order valence-corrected chi connectivity index (χ4v) is 1.73. The molecule has 0 saturated carbocycles. The highest BCUT2D eigenvalue weighted by Crippen LogP contribution is 2.23. The largest absolute Gasteiger partial charge is 0.492 e. The number of nitrogen functional groups attached to an aromatic ring is 1. The van der Waals surface area contributed by atoms with Crippen LogP contribution in [0.15, 0.2) is 30.6 Å². The van der Waals surface area contributed by atoms with Gasteiger partial charge in [0.25, 0.3) is 0 Å². The number of aryl methyl sites for hydroxylation is 1. The second kappa shape index (κ2) is 6.60. The van der Waals surface area contributed by atoms with Crippen molar-refractivity contribution in [1.82, 2.24) is 9.97 Å². The smallest absolute Gasteiger partial charge is 0.242 e. The third-order valence-electron chi connectivity index (χ3n) is 2.69. The highest BCUT2D eigenvalue weighted by Gasteiger charge is 2.07. The van der Waals surface area contributed by atoms with Crippen molar-refractivity contribution in [2.75, 3.05) is 31.3 Å². The number of hydrogen-bond donors (Lipinski definition) is 2. The van der Waals surface area contributed by atoms with Crippen molar-refractivity contribution in [3.05, 3.63) is 36.2 Å². The molecule has 0 atom stereocenters. The number of methoxy groups -OCH3 is 1. The Bertz CT molecular complexity index is 575. The summed E-state index contributed by atoms with van der Waals surface area (Å²) < 4.78 is 10.7. The van der Waals surface area contributed by atoms with Gasteiger partial charge < -0.3 is 20.5 Å². The van der Waals surface area contributed by atoms with Crippen LogP contribution in [0.5, 0.6) is 11.6 Å². The molecule has 0 unspecified atom stereocenters. The summed E-state index contributed by atoms with van der Waals surface area (Å²) in [7, 11) is 1.52. The van der Waals surface area contributed by atoms with Gasteiger partial charge in [-0.3, -0.25) is 0 Å². The number of hydrogen-bond acceptors (Lipinski definition) is 6. The molecule has 0 spiro atoms. The van der Waals surface area contributed by atoms with Crippen LogP contribution in [0, 0.1) is 6.92 Å². The molecule has 0 bridgehead atoms. The topological polar surface area (TPSA) is 82.3 Å². The number of anilines is 2. The Morgan fingerprint density at radius 3 is 2.90 bits per heavy atom. The average molecular weight is 274 g/mol. The summed E-state index contributed by atoms with van der Waals surface area (Å²) in [5.74, 6) is 1.76. The van der Waals surface area contributed by atoms with Crippen LogP contribution in [0.3, 0.4) is 0 Å². The first kappa shape index (κ1) is 13.9. The van der Waals surface area contributed by atoms with Gasteiger partial charge in [0.1, 0.15) is 24.4 Å². The highest BCUT2D eigenvalue weighted by atomic mass is 16.5. The van der Waals surface area contributed by atoms with Crippen LogP contribution in [0.25, 0.3) is 0 Å². The van der Waals surface area contributed by atoms with E-state index >= 15 is 0 Å². The molecule has 0 fully saturated rings. The number of nitrogens with two attached hydrogens (primary N) is 1. The van der Waals surface area contributed by atoms with Gasteiger partial charge in [-0.05, 0) is 24.6 Å². The molecule has 3 N–H and O–H groups in total. The SMILES string of the molecule is COc1ncnc(NCCOc2cccc(C)c2)c1N. The molecular weight excluding hydrogens is 256 g/mol. The summed E-state index contributed by atoms with van der Waals surface area (Å²) in [6.45, 7) is 3.12. The third kappa shape index (κ3) is 3.50. The maximum Gasteiger partial charge on any atom is 0.242 e. The van der Waals surface area contributed by atoms with Crippen molar-refractivity contribution in [1.29, 1.82) is 0 Å². The van der Waals surface area contributed by atoms with Crippen molar-refractivity contribution < 1.29 is 9.47 Å². The zero-order chi connectivity index (χ0) is 14.4. The van der Waals surface area contributed by atoms with Gasteiger partial charge in [-0.15, -0.1) is 0 Å². The van der Waals surface area contributed by atoms with Crippen molar-refractivity contribution in [3.8, 4) is 11.6 Å². The van der Waals surface area contributed by atoms with E-state index in [1.807, 2.05) is 31.2 Å². The zero-order valence-electron chi connectivity index (χ0n) is 11.6. The maximum atomic E-state index is 5.85. The molecule has 1 aromatic heterocycles. The van der Waals surface area contributed by atoms with E-state index in [9.17, 15) is 0 Å². The number of benzene rings is 1. The number of rotatable bonds is 6. The van der Waals surface area contributed by atoms with E-state index in [4.69, 9.17) is 15.2 Å². The number of aromatic nitrogens is 2. The second-order valence-electron chi connectivity index (χ2n) is 4.24. The van der Waals surface area contributed by atoms with E-state index in [0.29, 0.717) is 30.5 Å². The predicted octanol–water partition coefficient (Wildman–Crippen LogP) is 1.87. The molecule has 6 nitrogen and oxygen atoms in total. The Balaban J connectivity index is 1.84. The van der Waals surface area contributed by atoms with E-state index < -0.39 is 0 Å². The molecule has 1 heterocycles. The van der Waals surface area contributed by atoms with Crippen LogP contribution in [0.2, 0.25) is 0 Å². The summed E-state index contributed by atoms with van der Waals surface area (Å²) in [5, 5.41) is 3.09. The first-order chi connectivity index (χ1) is 9.70. The van der Waals surface area contributed by atoms with Crippen LogP contribution in [0.4, 0.5) is 11.5 Å². The van der Waals surface area contributed by atoms with Crippen LogP contribution < -0.4 is 20.5 Å². The van der Waals surface area contributed by atoms with Gasteiger partial charge in [0.15, 0.2) is 5.82 Å². The lowest BCUT2D eigenvalue weighted by Gasteiger charge is -2.11. The van der Waals surface area contributed by atoms with E-state index in [1.54, 1.807) is 0 Å². The Labute approximate surface area is 118 Å². The summed E-state index contributed by atoms with van der Waals surface area (Å²) in [4.78, 5) is 7.98. The lowest BCUT2D eigenvalue weighted by molar-refractivity contribution is 0.332. The summed E-state index contributed by atoms with van der Waals surface area (Å²) >= 11 is 0. The normalized spacial score (nSPS) is 10.1. The number of nitrogens with one attached hydrogen (secondary N) is 1. The molecule has 106 valence electrons. The van der Waals surface area contributed by atoms with Crippen molar-refractivity contribution in [2.24, 2.45) is 0 Å². The Hall–Kier alpha value is -2.50. The minimum absolute atomic E-state index is 0.363. The summed E-state index contributed by atoms with van der Waals surface area (Å²) in [5.41, 5.74) is 7.41. The zero-order valence-corrected chi connectivity index (χ0v) is 11.6. The van der Waals surface area contributed by atoms with Crippen molar-refractivity contribution in [2.45, 2.75) is 6.92 Å². The van der Waals surface area contributed by atoms with Gasteiger partial charge in [0.2, 0.25) is 5.88 Å². The van der Waals surface area contributed by atoms with E-state index in [-0.39, 0.29) is 0 Å². The molecule has 0 saturated heterocycles. The lowest BCUT2D eigenvalue weighted by Crippen LogP contribution is -2.14. The van der Waals surface area contributed by atoms with Crippen molar-refractivity contribution >= 4 is 11.5 Å². The van der Waals surface area contributed by atoms with Gasteiger partial charge in [-0.25, -0.2) is 4.98 Å². The monoisotopic (exact) mass is 274 g/mol. The summed E-state index contributed by atoms with van der Waals surface area (Å²) in [6.07, 6.45) is 1.40. The molecule has 2 rings (SSSR count). The molecule has 2 aromatic rings. The molecule has 6 heteroatoms. The summed E-state index contributed by atoms with van der Waals surface area (Å²) in [6, 6.07) is 7.90. The van der Waals surface area contributed by atoms with Crippen LogP contribution >= 0.6 is 0 Å². The second-order valence-corrected chi connectivity index (χ2v) is 4.24. The van der Waals surface area contributed by atoms with Crippen molar-refractivity contribution in [3.63, 3.8) is 0 Å². The molecule has 1 aromatic carbocycles. The van der Waals surface area contributed by atoms with Gasteiger partial charge in [0.05, 0.1) is 13.7 Å². The standard InChI is InChI=1S/C14H18N4O2/c1-10-4-3-5-11(8-10)20-7-6-16-13-12(15)14(19-2)18-9-17-13/h3-5,8-9H,6-7,15H2,1-2H3,(H,16,17,18). The molecular formula is C14H18N4O2. The first-order valence-corrected chi connectivity index (χ1v) is 6.28. The Kier molecular flexibility index (Phi) is 4.60. The quantitative estimate of drug-likeness (QED) is 0.782. The predicted molar refractivity (Wildman–Crippen MR) is 78.2 cm³/mol. The lowest BCUT2D eigenvalue weighted by atomic mass is 10.2. The van der Waals surface area contributed by atoms with Crippen LogP contribution in [-0.2, 0) is 0 Å². The molecule has 0 amide bonds. The van der Waals surface area contributed by atoms with Crippen LogP contribution in [-0.4, -0.2) is 30.2 Å². The molecule has 0 radical (unpaired) electrons. The first-order valence-electron chi connectivity index (χ1n) is 6.28. The van der Waals surface area contributed by atoms with E-state index in [2.05, 4.69) is 15.3 Å². The molecule has 0 aliphatic carbocycles. The maximum absolute atomic E-state index is 5.85.